The summed E-state index contributed by atoms with van der Waals surface area (Å²) >= 11 is 0. The third-order valence-corrected chi connectivity index (χ3v) is 7.86. The summed E-state index contributed by atoms with van der Waals surface area (Å²) in [6.07, 6.45) is 7.88. The Labute approximate surface area is 189 Å². The van der Waals surface area contributed by atoms with Crippen LogP contribution in [0.15, 0.2) is 33.2 Å². The molecule has 0 aromatic carbocycles. The molecular formula is C25H44N6. The van der Waals surface area contributed by atoms with Crippen LogP contribution in [0.5, 0.6) is 0 Å². The second-order valence-corrected chi connectivity index (χ2v) is 11.1. The molecular weight excluding hydrogens is 384 g/mol. The monoisotopic (exact) mass is 428 g/mol. The number of likely N-dealkylation sites (N-methyl/N-ethyl adjacent to an activating group) is 1. The average Bonchev–Trinajstić information content (AvgIpc) is 3.38. The summed E-state index contributed by atoms with van der Waals surface area (Å²) in [5.41, 5.74) is 9.81. The highest BCUT2D eigenvalue weighted by molar-refractivity contribution is 5.90. The lowest BCUT2D eigenvalue weighted by atomic mass is 9.81. The van der Waals surface area contributed by atoms with Crippen molar-refractivity contribution in [2.24, 2.45) is 38.4 Å². The molecule has 2 fully saturated rings. The maximum Gasteiger partial charge on any atom is 0.120 e. The van der Waals surface area contributed by atoms with Gasteiger partial charge in [-0.1, -0.05) is 27.7 Å². The SMILES string of the molecule is CN=CC(C1=CNC(=NCC2CC23CCN(CC(C)C(C)(C)C)CC3)CN1C)=C(C)N. The van der Waals surface area contributed by atoms with Crippen molar-refractivity contribution in [1.82, 2.24) is 15.1 Å². The molecule has 1 aliphatic carbocycles. The minimum atomic E-state index is 0.393. The van der Waals surface area contributed by atoms with Gasteiger partial charge in [-0.3, -0.25) is 9.98 Å². The summed E-state index contributed by atoms with van der Waals surface area (Å²) < 4.78 is 0. The van der Waals surface area contributed by atoms with E-state index in [0.29, 0.717) is 10.8 Å². The fraction of sp³-hybridized carbons (Fsp3) is 0.760. The lowest BCUT2D eigenvalue weighted by Crippen LogP contribution is -2.40. The molecule has 1 saturated carbocycles. The summed E-state index contributed by atoms with van der Waals surface area (Å²) in [5, 5.41) is 3.40. The van der Waals surface area contributed by atoms with E-state index in [1.807, 2.05) is 19.3 Å². The molecule has 6 heteroatoms. The molecule has 0 aromatic heterocycles. The molecule has 2 heterocycles. The van der Waals surface area contributed by atoms with Crippen LogP contribution in [0.1, 0.15) is 53.9 Å². The number of amidine groups is 1. The average molecular weight is 429 g/mol. The van der Waals surface area contributed by atoms with Crippen molar-refractivity contribution >= 4 is 12.1 Å². The van der Waals surface area contributed by atoms with Gasteiger partial charge in [0.2, 0.25) is 0 Å². The van der Waals surface area contributed by atoms with Gasteiger partial charge >= 0.3 is 0 Å². The van der Waals surface area contributed by atoms with Crippen molar-refractivity contribution in [3.63, 3.8) is 0 Å². The van der Waals surface area contributed by atoms with Crippen molar-refractivity contribution in [2.75, 3.05) is 46.8 Å². The fourth-order valence-corrected chi connectivity index (χ4v) is 4.86. The van der Waals surface area contributed by atoms with E-state index in [4.69, 9.17) is 10.7 Å². The number of piperidine rings is 1. The number of rotatable bonds is 6. The van der Waals surface area contributed by atoms with Gasteiger partial charge in [-0.15, -0.1) is 0 Å². The standard InChI is InChI=1S/C25H44N6/c1-18(24(3,4)5)16-31-10-8-25(9-11-31)12-20(25)13-28-23-17-30(7)22(15-29-23)21(14-27-6)19(2)26/h14-15,18,20H,8-13,16-17,26H2,1-7H3,(H,28,29). The Morgan fingerprint density at radius 1 is 1.35 bits per heavy atom. The first kappa shape index (κ1) is 23.8. The van der Waals surface area contributed by atoms with Crippen LogP contribution in [-0.4, -0.2) is 68.7 Å². The van der Waals surface area contributed by atoms with Crippen molar-refractivity contribution in [3.8, 4) is 0 Å². The van der Waals surface area contributed by atoms with Gasteiger partial charge in [-0.2, -0.15) is 0 Å². The molecule has 174 valence electrons. The van der Waals surface area contributed by atoms with Crippen molar-refractivity contribution in [3.05, 3.63) is 23.2 Å². The van der Waals surface area contributed by atoms with E-state index in [1.54, 1.807) is 7.05 Å². The van der Waals surface area contributed by atoms with Crippen LogP contribution in [0.25, 0.3) is 0 Å². The quantitative estimate of drug-likeness (QED) is 0.636. The third-order valence-electron chi connectivity index (χ3n) is 7.86. The Bertz CT molecular complexity index is 757. The lowest BCUT2D eigenvalue weighted by molar-refractivity contribution is 0.112. The molecule has 2 unspecified atom stereocenters. The van der Waals surface area contributed by atoms with Gasteiger partial charge in [-0.25, -0.2) is 0 Å². The highest BCUT2D eigenvalue weighted by Gasteiger charge is 2.54. The van der Waals surface area contributed by atoms with E-state index < -0.39 is 0 Å². The number of nitrogens with zero attached hydrogens (tertiary/aromatic N) is 4. The van der Waals surface area contributed by atoms with Gasteiger partial charge in [0.15, 0.2) is 0 Å². The van der Waals surface area contributed by atoms with Gasteiger partial charge in [0.1, 0.15) is 5.84 Å². The highest BCUT2D eigenvalue weighted by atomic mass is 15.2. The van der Waals surface area contributed by atoms with E-state index in [-0.39, 0.29) is 0 Å². The van der Waals surface area contributed by atoms with Crippen LogP contribution in [0.2, 0.25) is 0 Å². The van der Waals surface area contributed by atoms with E-state index in [9.17, 15) is 0 Å². The molecule has 0 bridgehead atoms. The highest BCUT2D eigenvalue weighted by Crippen LogP contribution is 2.59. The van der Waals surface area contributed by atoms with Gasteiger partial charge in [0, 0.05) is 50.9 Å². The lowest BCUT2D eigenvalue weighted by Gasteiger charge is -2.37. The van der Waals surface area contributed by atoms with Crippen LogP contribution in [-0.2, 0) is 0 Å². The van der Waals surface area contributed by atoms with Gasteiger partial charge in [0.05, 0.1) is 12.2 Å². The van der Waals surface area contributed by atoms with Gasteiger partial charge in [-0.05, 0) is 61.9 Å². The Kier molecular flexibility index (Phi) is 7.19. The Morgan fingerprint density at radius 3 is 2.58 bits per heavy atom. The van der Waals surface area contributed by atoms with E-state index >= 15 is 0 Å². The summed E-state index contributed by atoms with van der Waals surface area (Å²) in [6.45, 7) is 16.9. The predicted octanol–water partition coefficient (Wildman–Crippen LogP) is 3.48. The number of hydrogen-bond acceptors (Lipinski definition) is 5. The van der Waals surface area contributed by atoms with E-state index in [0.717, 1.165) is 47.7 Å². The molecule has 3 aliphatic rings. The first-order chi connectivity index (χ1) is 14.6. The topological polar surface area (TPSA) is 69.2 Å². The summed E-state index contributed by atoms with van der Waals surface area (Å²) in [5.74, 6) is 2.54. The normalized spacial score (nSPS) is 27.3. The van der Waals surface area contributed by atoms with Crippen LogP contribution in [0.3, 0.4) is 0 Å². The minimum Gasteiger partial charge on any atom is -0.402 e. The predicted molar refractivity (Wildman–Crippen MR) is 132 cm³/mol. The molecule has 1 spiro atoms. The van der Waals surface area contributed by atoms with Crippen molar-refractivity contribution in [1.29, 1.82) is 0 Å². The zero-order valence-corrected chi connectivity index (χ0v) is 20.8. The Balaban J connectivity index is 1.50. The fourth-order valence-electron chi connectivity index (χ4n) is 4.86. The van der Waals surface area contributed by atoms with E-state index in [1.165, 1.54) is 38.9 Å². The van der Waals surface area contributed by atoms with Gasteiger partial charge < -0.3 is 20.9 Å². The molecule has 0 aromatic rings. The molecule has 6 nitrogen and oxygen atoms in total. The summed E-state index contributed by atoms with van der Waals surface area (Å²) in [6, 6.07) is 0. The molecule has 1 saturated heterocycles. The number of aliphatic imine (C=N–C) groups is 2. The number of nitrogens with two attached hydrogens (primary N) is 1. The third kappa shape index (κ3) is 5.71. The first-order valence-corrected chi connectivity index (χ1v) is 11.9. The van der Waals surface area contributed by atoms with Crippen LogP contribution in [0.4, 0.5) is 0 Å². The smallest absolute Gasteiger partial charge is 0.120 e. The zero-order chi connectivity index (χ0) is 22.8. The van der Waals surface area contributed by atoms with Crippen molar-refractivity contribution in [2.45, 2.75) is 53.9 Å². The summed E-state index contributed by atoms with van der Waals surface area (Å²) in [7, 11) is 3.86. The molecule has 0 amide bonds. The number of nitrogens with one attached hydrogen (secondary N) is 1. The Hall–Kier alpha value is -1.82. The maximum absolute atomic E-state index is 6.05. The molecule has 31 heavy (non-hydrogen) atoms. The molecule has 2 aliphatic heterocycles. The van der Waals surface area contributed by atoms with Crippen LogP contribution >= 0.6 is 0 Å². The molecule has 3 N–H and O–H groups in total. The largest absolute Gasteiger partial charge is 0.402 e. The number of likely N-dealkylation sites (tertiary alicyclic amines) is 1. The second-order valence-electron chi connectivity index (χ2n) is 11.1. The van der Waals surface area contributed by atoms with Gasteiger partial charge in [0.25, 0.3) is 0 Å². The maximum atomic E-state index is 6.05. The minimum absolute atomic E-state index is 0.393. The molecule has 0 radical (unpaired) electrons. The van der Waals surface area contributed by atoms with Crippen LogP contribution < -0.4 is 11.1 Å². The van der Waals surface area contributed by atoms with Crippen molar-refractivity contribution < 1.29 is 0 Å². The number of hydrogen-bond donors (Lipinski definition) is 2. The zero-order valence-electron chi connectivity index (χ0n) is 20.8. The second kappa shape index (κ2) is 9.35. The Morgan fingerprint density at radius 2 is 2.03 bits per heavy atom. The summed E-state index contributed by atoms with van der Waals surface area (Å²) in [4.78, 5) is 14.0. The molecule has 3 rings (SSSR count). The number of allylic oxidation sites excluding steroid dienone is 2. The van der Waals surface area contributed by atoms with E-state index in [2.05, 4.69) is 54.9 Å². The first-order valence-electron chi connectivity index (χ1n) is 11.9. The molecule has 2 atom stereocenters. The van der Waals surface area contributed by atoms with Crippen LogP contribution in [0, 0.1) is 22.7 Å².